The van der Waals surface area contributed by atoms with Gasteiger partial charge in [0, 0.05) is 32.9 Å². The molecule has 0 fully saturated rings. The van der Waals surface area contributed by atoms with Crippen LogP contribution in [-0.4, -0.2) is 9.13 Å². The van der Waals surface area contributed by atoms with Crippen LogP contribution in [0.2, 0.25) is 0 Å². The molecule has 0 bridgehead atoms. The third-order valence-electron chi connectivity index (χ3n) is 6.75. The lowest BCUT2D eigenvalue weighted by Gasteiger charge is -2.10. The van der Waals surface area contributed by atoms with Crippen molar-refractivity contribution in [2.75, 3.05) is 0 Å². The van der Waals surface area contributed by atoms with E-state index in [9.17, 15) is 0 Å². The normalized spacial score (nSPS) is 11.8. The summed E-state index contributed by atoms with van der Waals surface area (Å²) < 4.78 is 4.77. The van der Waals surface area contributed by atoms with Gasteiger partial charge in [0.05, 0.1) is 22.1 Å². The number of para-hydroxylation sites is 3. The molecule has 2 aromatic heterocycles. The van der Waals surface area contributed by atoms with Crippen molar-refractivity contribution < 1.29 is 0 Å². The highest BCUT2D eigenvalue weighted by atomic mass is 15.0. The smallest absolute Gasteiger partial charge is 0.0542 e. The summed E-state index contributed by atoms with van der Waals surface area (Å²) in [4.78, 5) is 0. The highest BCUT2D eigenvalue weighted by Gasteiger charge is 2.15. The number of hydrogen-bond donors (Lipinski definition) is 0. The van der Waals surface area contributed by atoms with Gasteiger partial charge in [0.15, 0.2) is 0 Å². The number of fused-ring (bicyclic) bond motifs is 6. The van der Waals surface area contributed by atoms with Crippen molar-refractivity contribution in [1.29, 1.82) is 0 Å². The first kappa shape index (κ1) is 18.3. The molecule has 0 saturated heterocycles. The third-order valence-corrected chi connectivity index (χ3v) is 6.75. The molecule has 5 aromatic carbocycles. The number of benzene rings is 5. The van der Waals surface area contributed by atoms with Crippen molar-refractivity contribution >= 4 is 43.6 Å². The fourth-order valence-corrected chi connectivity index (χ4v) is 5.35. The highest BCUT2D eigenvalue weighted by Crippen LogP contribution is 2.36. The molecule has 33 heavy (non-hydrogen) atoms. The van der Waals surface area contributed by atoms with Crippen molar-refractivity contribution in [3.63, 3.8) is 0 Å². The van der Waals surface area contributed by atoms with E-state index >= 15 is 0 Å². The molecule has 0 atom stereocenters. The van der Waals surface area contributed by atoms with Crippen LogP contribution in [0.3, 0.4) is 0 Å². The molecule has 7 rings (SSSR count). The lowest BCUT2D eigenvalue weighted by atomic mass is 10.1. The molecule has 0 aliphatic heterocycles. The molecule has 0 amide bonds. The maximum Gasteiger partial charge on any atom is 0.0542 e. The quantitative estimate of drug-likeness (QED) is 0.266. The molecule has 0 aliphatic rings. The molecule has 7 aromatic rings. The third kappa shape index (κ3) is 2.61. The standard InChI is InChI=1S/C31H22N2/c1-21-9-8-10-22(19-21)32-30-16-7-4-13-26(30)27-20-23(17-18-31(27)32)33-28-14-5-2-11-24(28)25-12-3-6-15-29(25)33/h2-20H,1H3. The SMILES string of the molecule is Cc1cccc(-n2c3ccccc3c3cc(-n4c5ccccc5c5ccccc54)ccc32)c1. The molecule has 0 N–H and O–H groups in total. The topological polar surface area (TPSA) is 9.86 Å². The van der Waals surface area contributed by atoms with Crippen LogP contribution in [0, 0.1) is 6.92 Å². The molecule has 2 heteroatoms. The van der Waals surface area contributed by atoms with Crippen molar-refractivity contribution in [2.24, 2.45) is 0 Å². The minimum Gasteiger partial charge on any atom is -0.309 e. The van der Waals surface area contributed by atoms with Crippen LogP contribution in [0.1, 0.15) is 5.56 Å². The Morgan fingerprint density at radius 2 is 0.879 bits per heavy atom. The molecule has 2 nitrogen and oxygen atoms in total. The second-order valence-corrected chi connectivity index (χ2v) is 8.76. The Balaban J connectivity index is 1.58. The van der Waals surface area contributed by atoms with Gasteiger partial charge < -0.3 is 9.13 Å². The number of rotatable bonds is 2. The lowest BCUT2D eigenvalue weighted by Crippen LogP contribution is -1.96. The van der Waals surface area contributed by atoms with Gasteiger partial charge in [-0.05, 0) is 61.0 Å². The summed E-state index contributed by atoms with van der Waals surface area (Å²) in [5.74, 6) is 0. The van der Waals surface area contributed by atoms with E-state index < -0.39 is 0 Å². The predicted octanol–water partition coefficient (Wildman–Crippen LogP) is 8.19. The van der Waals surface area contributed by atoms with Gasteiger partial charge in [0.2, 0.25) is 0 Å². The van der Waals surface area contributed by atoms with Crippen molar-refractivity contribution in [1.82, 2.24) is 9.13 Å². The molecular weight excluding hydrogens is 400 g/mol. The maximum absolute atomic E-state index is 2.39. The van der Waals surface area contributed by atoms with Crippen LogP contribution in [0.25, 0.3) is 55.0 Å². The monoisotopic (exact) mass is 422 g/mol. The van der Waals surface area contributed by atoms with Crippen molar-refractivity contribution in [3.8, 4) is 11.4 Å². The zero-order valence-electron chi connectivity index (χ0n) is 18.4. The molecule has 156 valence electrons. The molecule has 0 radical (unpaired) electrons. The number of aryl methyl sites for hydroxylation is 1. The Kier molecular flexibility index (Phi) is 3.80. The van der Waals surface area contributed by atoms with Crippen LogP contribution in [-0.2, 0) is 0 Å². The summed E-state index contributed by atoms with van der Waals surface area (Å²) in [6, 6.07) is 41.7. The second kappa shape index (κ2) is 6.85. The van der Waals surface area contributed by atoms with Gasteiger partial charge in [-0.3, -0.25) is 0 Å². The summed E-state index contributed by atoms with van der Waals surface area (Å²) in [5.41, 5.74) is 8.59. The van der Waals surface area contributed by atoms with Crippen LogP contribution in [0.15, 0.2) is 115 Å². The molecule has 0 saturated carbocycles. The minimum atomic E-state index is 1.19. The first-order valence-electron chi connectivity index (χ1n) is 11.4. The first-order chi connectivity index (χ1) is 16.3. The predicted molar refractivity (Wildman–Crippen MR) is 140 cm³/mol. The average Bonchev–Trinajstić information content (AvgIpc) is 3.37. The van der Waals surface area contributed by atoms with Gasteiger partial charge in [-0.1, -0.05) is 66.7 Å². The van der Waals surface area contributed by atoms with Gasteiger partial charge in [0.25, 0.3) is 0 Å². The lowest BCUT2D eigenvalue weighted by molar-refractivity contribution is 1.16. The van der Waals surface area contributed by atoms with E-state index in [0.29, 0.717) is 0 Å². The summed E-state index contributed by atoms with van der Waals surface area (Å²) in [5, 5.41) is 5.12. The fourth-order valence-electron chi connectivity index (χ4n) is 5.35. The number of nitrogens with zero attached hydrogens (tertiary/aromatic N) is 2. The zero-order chi connectivity index (χ0) is 21.9. The van der Waals surface area contributed by atoms with Crippen LogP contribution >= 0.6 is 0 Å². The minimum absolute atomic E-state index is 1.19. The number of hydrogen-bond acceptors (Lipinski definition) is 0. The van der Waals surface area contributed by atoms with E-state index in [-0.39, 0.29) is 0 Å². The Hall–Kier alpha value is -4.30. The zero-order valence-corrected chi connectivity index (χ0v) is 18.4. The Bertz CT molecular complexity index is 1780. The maximum atomic E-state index is 2.39. The summed E-state index contributed by atoms with van der Waals surface area (Å²) in [6.45, 7) is 2.15. The van der Waals surface area contributed by atoms with E-state index in [4.69, 9.17) is 0 Å². The number of aromatic nitrogens is 2. The van der Waals surface area contributed by atoms with E-state index in [1.807, 2.05) is 0 Å². The Morgan fingerprint density at radius 1 is 0.394 bits per heavy atom. The van der Waals surface area contributed by atoms with E-state index in [1.165, 1.54) is 60.5 Å². The van der Waals surface area contributed by atoms with Gasteiger partial charge in [-0.2, -0.15) is 0 Å². The molecule has 0 aliphatic carbocycles. The van der Waals surface area contributed by atoms with Crippen LogP contribution < -0.4 is 0 Å². The Labute approximate surface area is 191 Å². The van der Waals surface area contributed by atoms with Gasteiger partial charge in [0.1, 0.15) is 0 Å². The molecule has 0 unspecified atom stereocenters. The van der Waals surface area contributed by atoms with Gasteiger partial charge >= 0.3 is 0 Å². The van der Waals surface area contributed by atoms with E-state index in [2.05, 4.69) is 131 Å². The largest absolute Gasteiger partial charge is 0.309 e. The summed E-state index contributed by atoms with van der Waals surface area (Å²) >= 11 is 0. The molecular formula is C31H22N2. The molecule has 2 heterocycles. The first-order valence-corrected chi connectivity index (χ1v) is 11.4. The molecule has 0 spiro atoms. The highest BCUT2D eigenvalue weighted by molar-refractivity contribution is 6.12. The Morgan fingerprint density at radius 3 is 1.45 bits per heavy atom. The van der Waals surface area contributed by atoms with Crippen molar-refractivity contribution in [2.45, 2.75) is 6.92 Å². The van der Waals surface area contributed by atoms with E-state index in [0.717, 1.165) is 0 Å². The van der Waals surface area contributed by atoms with Crippen molar-refractivity contribution in [3.05, 3.63) is 121 Å². The summed E-state index contributed by atoms with van der Waals surface area (Å²) in [6.07, 6.45) is 0. The van der Waals surface area contributed by atoms with E-state index in [1.54, 1.807) is 0 Å². The van der Waals surface area contributed by atoms with Crippen LogP contribution in [0.5, 0.6) is 0 Å². The average molecular weight is 423 g/mol. The van der Waals surface area contributed by atoms with Gasteiger partial charge in [-0.15, -0.1) is 0 Å². The van der Waals surface area contributed by atoms with Gasteiger partial charge in [-0.25, -0.2) is 0 Å². The fraction of sp³-hybridized carbons (Fsp3) is 0.0323. The second-order valence-electron chi connectivity index (χ2n) is 8.76. The van der Waals surface area contributed by atoms with Crippen LogP contribution in [0.4, 0.5) is 0 Å². The summed E-state index contributed by atoms with van der Waals surface area (Å²) in [7, 11) is 0.